The Hall–Kier alpha value is -2.95. The van der Waals surface area contributed by atoms with Gasteiger partial charge in [-0.25, -0.2) is 9.97 Å². The Bertz CT molecular complexity index is 915. The van der Waals surface area contributed by atoms with Gasteiger partial charge in [0.25, 0.3) is 0 Å². The molecular formula is C19H17N5. The number of nitrogens with two attached hydrogens (primary N) is 1. The highest BCUT2D eigenvalue weighted by Crippen LogP contribution is 2.57. The predicted octanol–water partition coefficient (Wildman–Crippen LogP) is 3.30. The molecule has 0 saturated heterocycles. The van der Waals surface area contributed by atoms with E-state index in [0.717, 1.165) is 23.8 Å². The van der Waals surface area contributed by atoms with Crippen LogP contribution in [-0.4, -0.2) is 21.5 Å². The molecule has 1 spiro atoms. The molecular weight excluding hydrogens is 298 g/mol. The van der Waals surface area contributed by atoms with Crippen LogP contribution in [0.25, 0.3) is 11.3 Å². The number of nitrogen functional groups attached to an aromatic ring is 1. The Morgan fingerprint density at radius 2 is 1.79 bits per heavy atom. The highest BCUT2D eigenvalue weighted by molar-refractivity contribution is 5.71. The minimum absolute atomic E-state index is 0.327. The molecule has 0 atom stereocenters. The average Bonchev–Trinajstić information content (AvgIpc) is 3.33. The van der Waals surface area contributed by atoms with Gasteiger partial charge in [0.2, 0.25) is 5.95 Å². The molecule has 3 aromatic rings. The smallest absolute Gasteiger partial charge is 0.229 e. The van der Waals surface area contributed by atoms with Crippen molar-refractivity contribution in [3.8, 4) is 11.3 Å². The predicted molar refractivity (Wildman–Crippen MR) is 94.0 cm³/mol. The number of pyridine rings is 1. The van der Waals surface area contributed by atoms with Crippen molar-refractivity contribution in [2.24, 2.45) is 0 Å². The molecule has 3 heterocycles. The summed E-state index contributed by atoms with van der Waals surface area (Å²) in [5.41, 5.74) is 11.2. The molecule has 1 aromatic carbocycles. The normalized spacial score (nSPS) is 17.1. The van der Waals surface area contributed by atoms with Crippen LogP contribution in [0.1, 0.15) is 18.4 Å². The number of para-hydroxylation sites is 1. The van der Waals surface area contributed by atoms with Crippen LogP contribution in [0.5, 0.6) is 0 Å². The molecule has 118 valence electrons. The summed E-state index contributed by atoms with van der Waals surface area (Å²) in [6, 6.07) is 12.2. The standard InChI is InChI=1S/C19H17N5/c20-14-5-8-21-16(9-14)13-10-22-18(23-11-13)24-12-19(6-7-19)15-3-1-2-4-17(15)24/h1-5,8-11H,6-7,12H2,(H2,20,21). The maximum absolute atomic E-state index is 5.83. The fourth-order valence-corrected chi connectivity index (χ4v) is 3.58. The lowest BCUT2D eigenvalue weighted by molar-refractivity contribution is 0.735. The zero-order valence-electron chi connectivity index (χ0n) is 13.2. The summed E-state index contributed by atoms with van der Waals surface area (Å²) in [5, 5.41) is 0. The Morgan fingerprint density at radius 1 is 1.00 bits per heavy atom. The molecule has 5 heteroatoms. The van der Waals surface area contributed by atoms with E-state index in [1.807, 2.05) is 18.5 Å². The number of anilines is 3. The van der Waals surface area contributed by atoms with Gasteiger partial charge in [-0.1, -0.05) is 18.2 Å². The van der Waals surface area contributed by atoms with Crippen LogP contribution in [0.15, 0.2) is 55.0 Å². The zero-order chi connectivity index (χ0) is 16.1. The number of rotatable bonds is 2. The number of benzene rings is 1. The Morgan fingerprint density at radius 3 is 2.54 bits per heavy atom. The summed E-state index contributed by atoms with van der Waals surface area (Å²) in [4.78, 5) is 15.8. The van der Waals surface area contributed by atoms with Crippen LogP contribution >= 0.6 is 0 Å². The van der Waals surface area contributed by atoms with Crippen LogP contribution < -0.4 is 10.6 Å². The van der Waals surface area contributed by atoms with E-state index in [-0.39, 0.29) is 0 Å². The van der Waals surface area contributed by atoms with Gasteiger partial charge in [0.1, 0.15) is 0 Å². The van der Waals surface area contributed by atoms with Crippen LogP contribution in [-0.2, 0) is 5.41 Å². The lowest BCUT2D eigenvalue weighted by atomic mass is 9.99. The molecule has 0 bridgehead atoms. The lowest BCUT2D eigenvalue weighted by Gasteiger charge is -2.17. The Labute approximate surface area is 140 Å². The zero-order valence-corrected chi connectivity index (χ0v) is 13.2. The maximum atomic E-state index is 5.83. The summed E-state index contributed by atoms with van der Waals surface area (Å²) < 4.78 is 0. The molecule has 24 heavy (non-hydrogen) atoms. The van der Waals surface area contributed by atoms with Crippen LogP contribution in [0.4, 0.5) is 17.3 Å². The minimum Gasteiger partial charge on any atom is -0.399 e. The third kappa shape index (κ3) is 1.98. The van der Waals surface area contributed by atoms with Gasteiger partial charge in [0.05, 0.1) is 5.69 Å². The first-order valence-corrected chi connectivity index (χ1v) is 8.16. The van der Waals surface area contributed by atoms with Gasteiger partial charge in [0, 0.05) is 47.5 Å². The van der Waals surface area contributed by atoms with Gasteiger partial charge in [0.15, 0.2) is 0 Å². The van der Waals surface area contributed by atoms with E-state index in [4.69, 9.17) is 5.73 Å². The van der Waals surface area contributed by atoms with Crippen molar-refractivity contribution in [2.45, 2.75) is 18.3 Å². The van der Waals surface area contributed by atoms with Crippen molar-refractivity contribution in [2.75, 3.05) is 17.2 Å². The van der Waals surface area contributed by atoms with E-state index in [9.17, 15) is 0 Å². The second-order valence-corrected chi connectivity index (χ2v) is 6.63. The number of hydrogen-bond donors (Lipinski definition) is 1. The van der Waals surface area contributed by atoms with E-state index < -0.39 is 0 Å². The molecule has 2 N–H and O–H groups in total. The molecule has 0 radical (unpaired) electrons. The van der Waals surface area contributed by atoms with Crippen molar-refractivity contribution >= 4 is 17.3 Å². The van der Waals surface area contributed by atoms with E-state index in [0.29, 0.717) is 11.1 Å². The van der Waals surface area contributed by atoms with E-state index in [2.05, 4.69) is 44.1 Å². The van der Waals surface area contributed by atoms with Crippen molar-refractivity contribution in [1.29, 1.82) is 0 Å². The van der Waals surface area contributed by atoms with Gasteiger partial charge in [-0.05, 0) is 36.6 Å². The SMILES string of the molecule is Nc1ccnc(-c2cnc(N3CC4(CC4)c4ccccc43)nc2)c1. The van der Waals surface area contributed by atoms with E-state index in [1.165, 1.54) is 24.1 Å². The number of nitrogens with zero attached hydrogens (tertiary/aromatic N) is 4. The molecule has 1 saturated carbocycles. The molecule has 0 amide bonds. The fraction of sp³-hybridized carbons (Fsp3) is 0.211. The average molecular weight is 315 g/mol. The summed E-state index contributed by atoms with van der Waals surface area (Å²) in [5.74, 6) is 0.749. The highest BCUT2D eigenvalue weighted by Gasteiger charge is 2.52. The van der Waals surface area contributed by atoms with Crippen LogP contribution in [0.3, 0.4) is 0 Å². The third-order valence-electron chi connectivity index (χ3n) is 5.04. The second-order valence-electron chi connectivity index (χ2n) is 6.63. The molecule has 5 rings (SSSR count). The van der Waals surface area contributed by atoms with Crippen molar-refractivity contribution in [3.05, 3.63) is 60.6 Å². The van der Waals surface area contributed by atoms with Gasteiger partial charge < -0.3 is 10.6 Å². The Kier molecular flexibility index (Phi) is 2.68. The summed E-state index contributed by atoms with van der Waals surface area (Å²) in [7, 11) is 0. The van der Waals surface area contributed by atoms with Crippen LogP contribution in [0, 0.1) is 0 Å². The number of aromatic nitrogens is 3. The largest absolute Gasteiger partial charge is 0.399 e. The van der Waals surface area contributed by atoms with Gasteiger partial charge >= 0.3 is 0 Å². The highest BCUT2D eigenvalue weighted by atomic mass is 15.3. The topological polar surface area (TPSA) is 67.9 Å². The first-order valence-electron chi connectivity index (χ1n) is 8.16. The molecule has 5 nitrogen and oxygen atoms in total. The monoisotopic (exact) mass is 315 g/mol. The minimum atomic E-state index is 0.327. The Balaban J connectivity index is 1.51. The van der Waals surface area contributed by atoms with E-state index >= 15 is 0 Å². The molecule has 1 fully saturated rings. The molecule has 2 aliphatic rings. The summed E-state index contributed by atoms with van der Waals surface area (Å²) in [6.45, 7) is 0.974. The van der Waals surface area contributed by atoms with Crippen LogP contribution in [0.2, 0.25) is 0 Å². The number of fused-ring (bicyclic) bond motifs is 2. The molecule has 1 aliphatic carbocycles. The van der Waals surface area contributed by atoms with Gasteiger partial charge in [-0.2, -0.15) is 0 Å². The summed E-state index contributed by atoms with van der Waals surface area (Å²) >= 11 is 0. The van der Waals surface area contributed by atoms with Gasteiger partial charge in [-0.15, -0.1) is 0 Å². The lowest BCUT2D eigenvalue weighted by Crippen LogP contribution is -2.21. The molecule has 2 aromatic heterocycles. The molecule has 1 aliphatic heterocycles. The maximum Gasteiger partial charge on any atom is 0.229 e. The third-order valence-corrected chi connectivity index (χ3v) is 5.04. The first-order chi connectivity index (χ1) is 11.8. The second kappa shape index (κ2) is 4.77. The number of hydrogen-bond acceptors (Lipinski definition) is 5. The quantitative estimate of drug-likeness (QED) is 0.786. The molecule has 0 unspecified atom stereocenters. The van der Waals surface area contributed by atoms with Crippen molar-refractivity contribution in [3.63, 3.8) is 0 Å². The van der Waals surface area contributed by atoms with Crippen molar-refractivity contribution in [1.82, 2.24) is 15.0 Å². The van der Waals surface area contributed by atoms with Crippen molar-refractivity contribution < 1.29 is 0 Å². The summed E-state index contributed by atoms with van der Waals surface area (Å²) in [6.07, 6.45) is 7.86. The fourth-order valence-electron chi connectivity index (χ4n) is 3.58. The van der Waals surface area contributed by atoms with E-state index in [1.54, 1.807) is 12.3 Å². The first kappa shape index (κ1) is 13.5. The van der Waals surface area contributed by atoms with Gasteiger partial charge in [-0.3, -0.25) is 4.98 Å².